The lowest BCUT2D eigenvalue weighted by Crippen LogP contribution is -2.62. The van der Waals surface area contributed by atoms with Gasteiger partial charge in [0.1, 0.15) is 12.7 Å². The summed E-state index contributed by atoms with van der Waals surface area (Å²) in [5, 5.41) is 0. The minimum absolute atomic E-state index is 0.203. The van der Waals surface area contributed by atoms with Crippen molar-refractivity contribution in [1.82, 2.24) is 0 Å². The van der Waals surface area contributed by atoms with Crippen LogP contribution in [0.5, 0.6) is 0 Å². The fraction of sp³-hybridized carbons (Fsp3) is 0.615. The smallest absolute Gasteiger partial charge is 0.303 e. The molecule has 1 aromatic rings. The van der Waals surface area contributed by atoms with Gasteiger partial charge in [-0.25, -0.2) is 0 Å². The van der Waals surface area contributed by atoms with Gasteiger partial charge < -0.3 is 23.7 Å². The summed E-state index contributed by atoms with van der Waals surface area (Å²) in [6.07, 6.45) is -0.401. The first kappa shape index (κ1) is 29.6. The van der Waals surface area contributed by atoms with Gasteiger partial charge in [-0.15, -0.1) is 11.8 Å². The molecule has 1 saturated heterocycles. The van der Waals surface area contributed by atoms with Gasteiger partial charge in [-0.2, -0.15) is 0 Å². The molecule has 200 valence electrons. The standard InChI is InChI=1S/C26H36O9S/c1-17(27)31-16-23-25(33-19(3)29)26(34-20(4)30)24(32-18(2)28)22(35-23)14-10-5-6-11-15-36-21-12-8-7-9-13-21/h7-9,12-13,22-26H,5-6,10-11,14-16H2,1-4H3. The molecule has 2 rings (SSSR count). The third kappa shape index (κ3) is 10.6. The number of esters is 4. The van der Waals surface area contributed by atoms with E-state index in [0.29, 0.717) is 6.42 Å². The molecule has 0 aromatic heterocycles. The Kier molecular flexibility index (Phi) is 12.8. The Morgan fingerprint density at radius 2 is 1.28 bits per heavy atom. The van der Waals surface area contributed by atoms with Crippen LogP contribution in [0.3, 0.4) is 0 Å². The van der Waals surface area contributed by atoms with Crippen LogP contribution >= 0.6 is 11.8 Å². The summed E-state index contributed by atoms with van der Waals surface area (Å²) in [4.78, 5) is 48.2. The van der Waals surface area contributed by atoms with E-state index in [0.717, 1.165) is 31.4 Å². The van der Waals surface area contributed by atoms with Crippen LogP contribution in [0, 0.1) is 0 Å². The molecule has 0 amide bonds. The van der Waals surface area contributed by atoms with Crippen molar-refractivity contribution in [3.63, 3.8) is 0 Å². The van der Waals surface area contributed by atoms with Gasteiger partial charge in [-0.3, -0.25) is 19.2 Å². The van der Waals surface area contributed by atoms with E-state index in [-0.39, 0.29) is 6.61 Å². The molecule has 10 heteroatoms. The number of carbonyl (C=O) groups excluding carboxylic acids is 4. The van der Waals surface area contributed by atoms with Gasteiger partial charge in [0.05, 0.1) is 6.10 Å². The maximum Gasteiger partial charge on any atom is 0.303 e. The number of ether oxygens (including phenoxy) is 5. The molecule has 0 bridgehead atoms. The Bertz CT molecular complexity index is 860. The number of unbranched alkanes of at least 4 members (excludes halogenated alkanes) is 3. The predicted molar refractivity (Wildman–Crippen MR) is 132 cm³/mol. The van der Waals surface area contributed by atoms with Crippen LogP contribution in [0.2, 0.25) is 0 Å². The highest BCUT2D eigenvalue weighted by atomic mass is 32.2. The van der Waals surface area contributed by atoms with E-state index in [1.165, 1.54) is 32.6 Å². The number of hydrogen-bond donors (Lipinski definition) is 0. The van der Waals surface area contributed by atoms with E-state index in [1.807, 2.05) is 30.0 Å². The molecule has 5 unspecified atom stereocenters. The van der Waals surface area contributed by atoms with Gasteiger partial charge in [0.2, 0.25) is 0 Å². The summed E-state index contributed by atoms with van der Waals surface area (Å²) < 4.78 is 27.6. The van der Waals surface area contributed by atoms with E-state index in [4.69, 9.17) is 23.7 Å². The molecule has 0 spiro atoms. The van der Waals surface area contributed by atoms with E-state index in [2.05, 4.69) is 12.1 Å². The maximum atomic E-state index is 11.9. The molecule has 0 aliphatic carbocycles. The van der Waals surface area contributed by atoms with Gasteiger partial charge in [-0.1, -0.05) is 37.5 Å². The Hall–Kier alpha value is -2.59. The van der Waals surface area contributed by atoms with Crippen LogP contribution in [-0.2, 0) is 42.9 Å². The van der Waals surface area contributed by atoms with Crippen molar-refractivity contribution in [2.24, 2.45) is 0 Å². The summed E-state index contributed by atoms with van der Waals surface area (Å²) in [5.74, 6) is -1.36. The summed E-state index contributed by atoms with van der Waals surface area (Å²) in [6, 6.07) is 10.2. The summed E-state index contributed by atoms with van der Waals surface area (Å²) in [7, 11) is 0. The second kappa shape index (κ2) is 15.5. The highest BCUT2D eigenvalue weighted by Gasteiger charge is 2.51. The third-order valence-electron chi connectivity index (χ3n) is 5.48. The van der Waals surface area contributed by atoms with E-state index in [1.54, 1.807) is 0 Å². The summed E-state index contributed by atoms with van der Waals surface area (Å²) in [5.41, 5.74) is 0. The van der Waals surface area contributed by atoms with Crippen LogP contribution < -0.4 is 0 Å². The molecular formula is C26H36O9S. The van der Waals surface area contributed by atoms with Crippen molar-refractivity contribution in [2.45, 2.75) is 95.2 Å². The molecule has 0 N–H and O–H groups in total. The van der Waals surface area contributed by atoms with E-state index in [9.17, 15) is 19.2 Å². The van der Waals surface area contributed by atoms with Crippen LogP contribution in [0.1, 0.15) is 59.8 Å². The van der Waals surface area contributed by atoms with E-state index < -0.39 is 54.4 Å². The first-order valence-corrected chi connectivity index (χ1v) is 13.1. The minimum atomic E-state index is -1.11. The zero-order valence-corrected chi connectivity index (χ0v) is 22.1. The Labute approximate surface area is 216 Å². The monoisotopic (exact) mass is 524 g/mol. The van der Waals surface area contributed by atoms with Crippen molar-refractivity contribution in [3.8, 4) is 0 Å². The molecule has 1 aromatic carbocycles. The predicted octanol–water partition coefficient (Wildman–Crippen LogP) is 3.85. The fourth-order valence-electron chi connectivity index (χ4n) is 4.06. The van der Waals surface area contributed by atoms with Gasteiger partial charge in [0, 0.05) is 32.6 Å². The quantitative estimate of drug-likeness (QED) is 0.163. The summed E-state index contributed by atoms with van der Waals surface area (Å²) >= 11 is 1.82. The second-order valence-electron chi connectivity index (χ2n) is 8.60. The summed E-state index contributed by atoms with van der Waals surface area (Å²) in [6.45, 7) is 4.72. The zero-order chi connectivity index (χ0) is 26.5. The van der Waals surface area contributed by atoms with E-state index >= 15 is 0 Å². The van der Waals surface area contributed by atoms with Gasteiger partial charge in [-0.05, 0) is 30.7 Å². The maximum absolute atomic E-state index is 11.9. The SMILES string of the molecule is CC(=O)OCC1OC(CCCCCCSc2ccccc2)C(OC(C)=O)C(OC(C)=O)C1OC(C)=O. The van der Waals surface area contributed by atoms with Crippen LogP contribution in [0.25, 0.3) is 0 Å². The highest BCUT2D eigenvalue weighted by Crippen LogP contribution is 2.32. The molecular weight excluding hydrogens is 488 g/mol. The lowest BCUT2D eigenvalue weighted by molar-refractivity contribution is -0.253. The van der Waals surface area contributed by atoms with Crippen LogP contribution in [0.15, 0.2) is 35.2 Å². The molecule has 9 nitrogen and oxygen atoms in total. The molecule has 1 aliphatic heterocycles. The normalized spacial score (nSPS) is 23.4. The zero-order valence-electron chi connectivity index (χ0n) is 21.3. The molecule has 0 saturated carbocycles. The van der Waals surface area contributed by atoms with Crippen LogP contribution in [0.4, 0.5) is 0 Å². The molecule has 0 radical (unpaired) electrons. The largest absolute Gasteiger partial charge is 0.463 e. The number of carbonyl (C=O) groups is 4. The first-order chi connectivity index (χ1) is 17.2. The average Bonchev–Trinajstić information content (AvgIpc) is 2.80. The van der Waals surface area contributed by atoms with Crippen molar-refractivity contribution in [3.05, 3.63) is 30.3 Å². The van der Waals surface area contributed by atoms with Crippen molar-refractivity contribution in [2.75, 3.05) is 12.4 Å². The fourth-order valence-corrected chi connectivity index (χ4v) is 4.99. The van der Waals surface area contributed by atoms with Gasteiger partial charge >= 0.3 is 23.9 Å². The molecule has 1 fully saturated rings. The lowest BCUT2D eigenvalue weighted by Gasteiger charge is -2.44. The van der Waals surface area contributed by atoms with Crippen LogP contribution in [-0.4, -0.2) is 66.8 Å². The Balaban J connectivity index is 2.03. The highest BCUT2D eigenvalue weighted by molar-refractivity contribution is 7.99. The Morgan fingerprint density at radius 1 is 0.722 bits per heavy atom. The number of rotatable bonds is 13. The molecule has 1 aliphatic rings. The lowest BCUT2D eigenvalue weighted by atomic mass is 9.91. The van der Waals surface area contributed by atoms with Gasteiger partial charge in [0.25, 0.3) is 0 Å². The topological polar surface area (TPSA) is 114 Å². The third-order valence-corrected chi connectivity index (χ3v) is 6.58. The second-order valence-corrected chi connectivity index (χ2v) is 9.77. The minimum Gasteiger partial charge on any atom is -0.463 e. The molecule has 5 atom stereocenters. The van der Waals surface area contributed by atoms with Crippen molar-refractivity contribution < 1.29 is 42.9 Å². The molecule has 1 heterocycles. The van der Waals surface area contributed by atoms with Gasteiger partial charge in [0.15, 0.2) is 18.3 Å². The number of hydrogen-bond acceptors (Lipinski definition) is 10. The van der Waals surface area contributed by atoms with Crippen molar-refractivity contribution >= 4 is 35.6 Å². The number of benzene rings is 1. The van der Waals surface area contributed by atoms with Crippen molar-refractivity contribution in [1.29, 1.82) is 0 Å². The first-order valence-electron chi connectivity index (χ1n) is 12.2. The Morgan fingerprint density at radius 3 is 1.86 bits per heavy atom. The average molecular weight is 525 g/mol. The number of thioether (sulfide) groups is 1. The molecule has 36 heavy (non-hydrogen) atoms.